The Balaban J connectivity index is 2.82. The Morgan fingerprint density at radius 1 is 1.40 bits per heavy atom. The maximum Gasteiger partial charge on any atom is 0.371 e. The summed E-state index contributed by atoms with van der Waals surface area (Å²) in [4.78, 5) is 10.7. The van der Waals surface area contributed by atoms with Gasteiger partial charge in [0.1, 0.15) is 5.58 Å². The molecule has 0 aliphatic heterocycles. The third kappa shape index (κ3) is 1.55. The van der Waals surface area contributed by atoms with E-state index >= 15 is 0 Å². The molecule has 0 saturated carbocycles. The van der Waals surface area contributed by atoms with Crippen LogP contribution >= 0.6 is 15.9 Å². The van der Waals surface area contributed by atoms with E-state index in [2.05, 4.69) is 15.9 Å². The Hall–Kier alpha value is -1.29. The van der Waals surface area contributed by atoms with Crippen LogP contribution in [0.15, 0.2) is 21.0 Å². The van der Waals surface area contributed by atoms with Crippen LogP contribution in [0.4, 0.5) is 0 Å². The van der Waals surface area contributed by atoms with Crippen LogP contribution in [0.5, 0.6) is 0 Å². The standard InChI is InChI=1S/C11H9BrO3/c1-5-3-7-4-8(11(13)14)15-10(7)6(2)9(5)12/h3-4H,1-2H3,(H,13,14). The van der Waals surface area contributed by atoms with Gasteiger partial charge >= 0.3 is 5.97 Å². The zero-order valence-electron chi connectivity index (χ0n) is 8.30. The Kier molecular flexibility index (Phi) is 2.31. The highest BCUT2D eigenvalue weighted by Gasteiger charge is 2.14. The molecule has 0 fully saturated rings. The van der Waals surface area contributed by atoms with E-state index in [-0.39, 0.29) is 5.76 Å². The van der Waals surface area contributed by atoms with Gasteiger partial charge in [0, 0.05) is 15.4 Å². The Morgan fingerprint density at radius 2 is 2.07 bits per heavy atom. The topological polar surface area (TPSA) is 50.4 Å². The summed E-state index contributed by atoms with van der Waals surface area (Å²) in [7, 11) is 0. The molecule has 1 aromatic heterocycles. The molecule has 0 radical (unpaired) electrons. The van der Waals surface area contributed by atoms with Crippen molar-refractivity contribution >= 4 is 32.9 Å². The minimum absolute atomic E-state index is 0.0226. The van der Waals surface area contributed by atoms with E-state index in [0.717, 1.165) is 21.0 Å². The fraction of sp³-hybridized carbons (Fsp3) is 0.182. The van der Waals surface area contributed by atoms with Crippen molar-refractivity contribution < 1.29 is 14.3 Å². The van der Waals surface area contributed by atoms with Gasteiger partial charge in [-0.1, -0.05) is 15.9 Å². The first-order chi connectivity index (χ1) is 7.00. The van der Waals surface area contributed by atoms with E-state index in [0.29, 0.717) is 5.58 Å². The van der Waals surface area contributed by atoms with Crippen LogP contribution in [-0.4, -0.2) is 11.1 Å². The van der Waals surface area contributed by atoms with Crippen LogP contribution in [-0.2, 0) is 0 Å². The maximum atomic E-state index is 10.7. The number of hydrogen-bond acceptors (Lipinski definition) is 2. The van der Waals surface area contributed by atoms with Crippen molar-refractivity contribution in [3.63, 3.8) is 0 Å². The first-order valence-corrected chi connectivity index (χ1v) is 5.22. The predicted octanol–water partition coefficient (Wildman–Crippen LogP) is 3.51. The summed E-state index contributed by atoms with van der Waals surface area (Å²) in [6.45, 7) is 3.86. The molecule has 0 spiro atoms. The van der Waals surface area contributed by atoms with Crippen LogP contribution in [0.2, 0.25) is 0 Å². The molecular weight excluding hydrogens is 260 g/mol. The lowest BCUT2D eigenvalue weighted by atomic mass is 10.1. The number of carboxylic acid groups (broad SMARTS) is 1. The molecule has 0 unspecified atom stereocenters. The van der Waals surface area contributed by atoms with Gasteiger partial charge in [0.25, 0.3) is 0 Å². The smallest absolute Gasteiger partial charge is 0.371 e. The van der Waals surface area contributed by atoms with Gasteiger partial charge < -0.3 is 9.52 Å². The Bertz CT molecular complexity index is 554. The van der Waals surface area contributed by atoms with E-state index in [1.54, 1.807) is 6.07 Å². The molecule has 78 valence electrons. The van der Waals surface area contributed by atoms with Crippen LogP contribution in [0.3, 0.4) is 0 Å². The molecule has 0 aliphatic carbocycles. The molecular formula is C11H9BrO3. The molecule has 4 heteroatoms. The zero-order valence-corrected chi connectivity index (χ0v) is 9.88. The van der Waals surface area contributed by atoms with Gasteiger partial charge in [-0.2, -0.15) is 0 Å². The van der Waals surface area contributed by atoms with Gasteiger partial charge in [-0.05, 0) is 31.5 Å². The fourth-order valence-electron chi connectivity index (χ4n) is 1.60. The van der Waals surface area contributed by atoms with E-state index in [1.165, 1.54) is 0 Å². The maximum absolute atomic E-state index is 10.7. The molecule has 0 atom stereocenters. The summed E-state index contributed by atoms with van der Waals surface area (Å²) < 4.78 is 6.23. The number of fused-ring (bicyclic) bond motifs is 1. The summed E-state index contributed by atoms with van der Waals surface area (Å²) in [5.74, 6) is -1.06. The first kappa shape index (κ1) is 10.2. The average Bonchev–Trinajstić information content (AvgIpc) is 2.58. The van der Waals surface area contributed by atoms with E-state index in [9.17, 15) is 4.79 Å². The number of aryl methyl sites for hydroxylation is 2. The Labute approximate surface area is 94.8 Å². The second kappa shape index (κ2) is 3.38. The highest BCUT2D eigenvalue weighted by atomic mass is 79.9. The largest absolute Gasteiger partial charge is 0.475 e. The monoisotopic (exact) mass is 268 g/mol. The Morgan fingerprint density at radius 3 is 2.67 bits per heavy atom. The number of carboxylic acids is 1. The third-order valence-electron chi connectivity index (χ3n) is 2.36. The number of rotatable bonds is 1. The van der Waals surface area contributed by atoms with Crippen molar-refractivity contribution in [3.8, 4) is 0 Å². The van der Waals surface area contributed by atoms with E-state index < -0.39 is 5.97 Å². The second-order valence-corrected chi connectivity index (χ2v) is 4.26. The molecule has 3 nitrogen and oxygen atoms in total. The predicted molar refractivity (Wildman–Crippen MR) is 60.3 cm³/mol. The quantitative estimate of drug-likeness (QED) is 0.861. The highest BCUT2D eigenvalue weighted by Crippen LogP contribution is 2.31. The number of furan rings is 1. The van der Waals surface area contributed by atoms with Gasteiger partial charge in [-0.3, -0.25) is 0 Å². The first-order valence-electron chi connectivity index (χ1n) is 4.43. The van der Waals surface area contributed by atoms with Crippen LogP contribution in [0, 0.1) is 13.8 Å². The van der Waals surface area contributed by atoms with Gasteiger partial charge in [0.05, 0.1) is 0 Å². The van der Waals surface area contributed by atoms with Crippen molar-refractivity contribution in [2.75, 3.05) is 0 Å². The SMILES string of the molecule is Cc1cc2cc(C(=O)O)oc2c(C)c1Br. The summed E-state index contributed by atoms with van der Waals surface area (Å²) >= 11 is 3.44. The summed E-state index contributed by atoms with van der Waals surface area (Å²) in [6, 6.07) is 3.45. The molecule has 1 heterocycles. The number of carbonyl (C=O) groups is 1. The van der Waals surface area contributed by atoms with Crippen LogP contribution in [0.1, 0.15) is 21.7 Å². The van der Waals surface area contributed by atoms with Crippen molar-refractivity contribution in [1.82, 2.24) is 0 Å². The van der Waals surface area contributed by atoms with Crippen molar-refractivity contribution in [3.05, 3.63) is 33.5 Å². The number of halogens is 1. The summed E-state index contributed by atoms with van der Waals surface area (Å²) in [5.41, 5.74) is 2.63. The van der Waals surface area contributed by atoms with E-state index in [4.69, 9.17) is 9.52 Å². The molecule has 0 saturated heterocycles. The summed E-state index contributed by atoms with van der Waals surface area (Å²) in [6.07, 6.45) is 0. The molecule has 15 heavy (non-hydrogen) atoms. The molecule has 0 amide bonds. The van der Waals surface area contributed by atoms with E-state index in [1.807, 2.05) is 19.9 Å². The normalized spacial score (nSPS) is 10.9. The minimum atomic E-state index is -1.04. The van der Waals surface area contributed by atoms with Crippen LogP contribution in [0.25, 0.3) is 11.0 Å². The minimum Gasteiger partial charge on any atom is -0.475 e. The molecule has 1 N–H and O–H groups in total. The van der Waals surface area contributed by atoms with Crippen molar-refractivity contribution in [1.29, 1.82) is 0 Å². The van der Waals surface area contributed by atoms with Crippen LogP contribution < -0.4 is 0 Å². The number of benzene rings is 1. The lowest BCUT2D eigenvalue weighted by molar-refractivity contribution is 0.0665. The van der Waals surface area contributed by atoms with Gasteiger partial charge in [0.15, 0.2) is 0 Å². The van der Waals surface area contributed by atoms with Crippen molar-refractivity contribution in [2.45, 2.75) is 13.8 Å². The lowest BCUT2D eigenvalue weighted by Crippen LogP contribution is -1.91. The lowest BCUT2D eigenvalue weighted by Gasteiger charge is -2.02. The zero-order chi connectivity index (χ0) is 11.2. The average molecular weight is 269 g/mol. The molecule has 0 aliphatic rings. The van der Waals surface area contributed by atoms with Crippen molar-refractivity contribution in [2.24, 2.45) is 0 Å². The third-order valence-corrected chi connectivity index (χ3v) is 3.58. The number of aromatic carboxylic acids is 1. The summed E-state index contributed by atoms with van der Waals surface area (Å²) in [5, 5.41) is 9.63. The number of hydrogen-bond donors (Lipinski definition) is 1. The highest BCUT2D eigenvalue weighted by molar-refractivity contribution is 9.10. The van der Waals surface area contributed by atoms with Gasteiger partial charge in [-0.25, -0.2) is 4.79 Å². The molecule has 2 aromatic rings. The second-order valence-electron chi connectivity index (χ2n) is 3.47. The fourth-order valence-corrected chi connectivity index (χ4v) is 1.90. The van der Waals surface area contributed by atoms with Gasteiger partial charge in [-0.15, -0.1) is 0 Å². The molecule has 0 bridgehead atoms. The molecule has 1 aromatic carbocycles. The van der Waals surface area contributed by atoms with Gasteiger partial charge in [0.2, 0.25) is 5.76 Å². The molecule has 2 rings (SSSR count).